The summed E-state index contributed by atoms with van der Waals surface area (Å²) < 4.78 is 6.99. The number of nitrogens with zero attached hydrogens (tertiary/aromatic N) is 3. The third-order valence-corrected chi connectivity index (χ3v) is 3.80. The molecule has 1 aliphatic heterocycles. The molecule has 5 N–H and O–H groups in total. The van der Waals surface area contributed by atoms with Gasteiger partial charge in [0.05, 0.1) is 24.3 Å². The molecule has 3 rings (SSSR count). The highest BCUT2D eigenvalue weighted by Crippen LogP contribution is 2.34. The standard InChI is InChI=1S/C10H13N5O4S/c11-10-13-7-4(8(18)14-10)12-2-15(7)9-6(20)5(17)3(1-16)19-9/h2-3,5-6,9,16-17,20H,1H2,(H3,11,13,14,18)/t3-,5+,6?,9-/m1/s1. The van der Waals surface area contributed by atoms with Crippen LogP contribution < -0.4 is 11.3 Å². The number of hydrogen-bond donors (Lipinski definition) is 5. The highest BCUT2D eigenvalue weighted by Gasteiger charge is 2.43. The summed E-state index contributed by atoms with van der Waals surface area (Å²) in [7, 11) is 0. The highest BCUT2D eigenvalue weighted by molar-refractivity contribution is 7.81. The number of nitrogens with two attached hydrogens (primary N) is 1. The second-order valence-electron chi connectivity index (χ2n) is 4.50. The van der Waals surface area contributed by atoms with Gasteiger partial charge in [0.25, 0.3) is 5.56 Å². The average molecular weight is 299 g/mol. The van der Waals surface area contributed by atoms with Gasteiger partial charge in [-0.1, -0.05) is 0 Å². The monoisotopic (exact) mass is 299 g/mol. The van der Waals surface area contributed by atoms with E-state index in [0.29, 0.717) is 0 Å². The zero-order valence-corrected chi connectivity index (χ0v) is 11.1. The maximum Gasteiger partial charge on any atom is 0.280 e. The van der Waals surface area contributed by atoms with Crippen molar-refractivity contribution in [3.63, 3.8) is 0 Å². The van der Waals surface area contributed by atoms with Gasteiger partial charge in [-0.05, 0) is 0 Å². The van der Waals surface area contributed by atoms with Gasteiger partial charge in [0.1, 0.15) is 6.10 Å². The van der Waals surface area contributed by atoms with Gasteiger partial charge in [0.2, 0.25) is 5.95 Å². The van der Waals surface area contributed by atoms with Crippen molar-refractivity contribution in [3.8, 4) is 0 Å². The lowest BCUT2D eigenvalue weighted by atomic mass is 10.2. The number of aliphatic hydroxyl groups is 2. The van der Waals surface area contributed by atoms with Crippen molar-refractivity contribution in [1.82, 2.24) is 19.5 Å². The molecule has 1 fully saturated rings. The van der Waals surface area contributed by atoms with Crippen LogP contribution in [-0.2, 0) is 4.74 Å². The third kappa shape index (κ3) is 1.88. The first kappa shape index (κ1) is 13.4. The van der Waals surface area contributed by atoms with Crippen molar-refractivity contribution in [2.24, 2.45) is 0 Å². The summed E-state index contributed by atoms with van der Waals surface area (Å²) in [5.41, 5.74) is 5.40. The molecule has 0 amide bonds. The first-order valence-corrected chi connectivity index (χ1v) is 6.39. The van der Waals surface area contributed by atoms with E-state index in [-0.39, 0.29) is 23.7 Å². The maximum absolute atomic E-state index is 11.7. The van der Waals surface area contributed by atoms with Crippen LogP contribution in [0.25, 0.3) is 11.2 Å². The largest absolute Gasteiger partial charge is 0.394 e. The Morgan fingerprint density at radius 1 is 1.60 bits per heavy atom. The molecule has 9 nitrogen and oxygen atoms in total. The Hall–Kier alpha value is -1.62. The Balaban J connectivity index is 2.09. The number of nitrogens with one attached hydrogen (secondary N) is 1. The van der Waals surface area contributed by atoms with Crippen molar-refractivity contribution in [2.45, 2.75) is 23.7 Å². The lowest BCUT2D eigenvalue weighted by molar-refractivity contribution is -0.0430. The van der Waals surface area contributed by atoms with E-state index in [2.05, 4.69) is 27.6 Å². The molecule has 0 aliphatic carbocycles. The molecule has 2 aromatic heterocycles. The minimum atomic E-state index is -0.940. The molecular weight excluding hydrogens is 286 g/mol. The fourth-order valence-electron chi connectivity index (χ4n) is 2.24. The fourth-order valence-corrected chi connectivity index (χ4v) is 2.65. The summed E-state index contributed by atoms with van der Waals surface area (Å²) in [4.78, 5) is 22.0. The zero-order chi connectivity index (χ0) is 14.4. The molecule has 108 valence electrons. The first-order chi connectivity index (χ1) is 9.52. The van der Waals surface area contributed by atoms with Crippen molar-refractivity contribution in [3.05, 3.63) is 16.7 Å². The van der Waals surface area contributed by atoms with Gasteiger partial charge in [-0.2, -0.15) is 17.6 Å². The quantitative estimate of drug-likeness (QED) is 0.414. The summed E-state index contributed by atoms with van der Waals surface area (Å²) in [6, 6.07) is 0. The van der Waals surface area contributed by atoms with Crippen LogP contribution >= 0.6 is 12.6 Å². The number of aromatic amines is 1. The van der Waals surface area contributed by atoms with Crippen molar-refractivity contribution in [2.75, 3.05) is 12.3 Å². The summed E-state index contributed by atoms with van der Waals surface area (Å²) in [5, 5.41) is 18.4. The van der Waals surface area contributed by atoms with E-state index >= 15 is 0 Å². The van der Waals surface area contributed by atoms with Gasteiger partial charge in [0, 0.05) is 0 Å². The van der Waals surface area contributed by atoms with Crippen LogP contribution in [0.2, 0.25) is 0 Å². The summed E-state index contributed by atoms with van der Waals surface area (Å²) in [5.74, 6) is -0.0442. The van der Waals surface area contributed by atoms with E-state index < -0.39 is 29.2 Å². The Bertz CT molecular complexity index is 701. The van der Waals surface area contributed by atoms with E-state index in [1.165, 1.54) is 10.9 Å². The minimum Gasteiger partial charge on any atom is -0.394 e. The zero-order valence-electron chi connectivity index (χ0n) is 10.2. The van der Waals surface area contributed by atoms with Crippen molar-refractivity contribution < 1.29 is 14.9 Å². The third-order valence-electron chi connectivity index (χ3n) is 3.24. The number of aromatic nitrogens is 4. The summed E-state index contributed by atoms with van der Waals surface area (Å²) >= 11 is 4.28. The number of imidazole rings is 1. The molecule has 3 heterocycles. The van der Waals surface area contributed by atoms with Crippen LogP contribution in [0, 0.1) is 0 Å². The molecule has 0 aromatic carbocycles. The number of nitrogen functional groups attached to an aromatic ring is 1. The second-order valence-corrected chi connectivity index (χ2v) is 5.10. The predicted molar refractivity (Wildman–Crippen MR) is 72.3 cm³/mol. The molecule has 1 saturated heterocycles. The first-order valence-electron chi connectivity index (χ1n) is 5.87. The Kier molecular flexibility index (Phi) is 3.17. The Labute approximate surface area is 117 Å². The van der Waals surface area contributed by atoms with E-state index in [0.717, 1.165) is 0 Å². The van der Waals surface area contributed by atoms with Crippen LogP contribution in [0.1, 0.15) is 6.23 Å². The Morgan fingerprint density at radius 3 is 3.00 bits per heavy atom. The van der Waals surface area contributed by atoms with E-state index in [9.17, 15) is 9.90 Å². The SMILES string of the molecule is Nc1nc2c(ncn2[C@@H]2O[C@H](CO)[C@H](O)C2S)c(=O)[nH]1. The smallest absolute Gasteiger partial charge is 0.280 e. The minimum absolute atomic E-state index is 0.0442. The van der Waals surface area contributed by atoms with Crippen LogP contribution in [0.3, 0.4) is 0 Å². The van der Waals surface area contributed by atoms with Crippen LogP contribution in [0.15, 0.2) is 11.1 Å². The van der Waals surface area contributed by atoms with Crippen LogP contribution in [0.5, 0.6) is 0 Å². The lowest BCUT2D eigenvalue weighted by Crippen LogP contribution is -2.30. The van der Waals surface area contributed by atoms with E-state index in [1.807, 2.05) is 0 Å². The van der Waals surface area contributed by atoms with E-state index in [4.69, 9.17) is 15.6 Å². The van der Waals surface area contributed by atoms with Gasteiger partial charge < -0.3 is 20.7 Å². The topological polar surface area (TPSA) is 139 Å². The molecule has 20 heavy (non-hydrogen) atoms. The molecule has 4 atom stereocenters. The van der Waals surface area contributed by atoms with Crippen molar-refractivity contribution in [1.29, 1.82) is 0 Å². The number of ether oxygens (including phenoxy) is 1. The molecule has 0 saturated carbocycles. The Morgan fingerprint density at radius 2 is 2.35 bits per heavy atom. The van der Waals surface area contributed by atoms with Gasteiger partial charge in [-0.25, -0.2) is 4.98 Å². The second kappa shape index (κ2) is 4.74. The van der Waals surface area contributed by atoms with E-state index in [1.54, 1.807) is 0 Å². The van der Waals surface area contributed by atoms with Crippen LogP contribution in [0.4, 0.5) is 5.95 Å². The fraction of sp³-hybridized carbons (Fsp3) is 0.500. The summed E-state index contributed by atoms with van der Waals surface area (Å²) in [6.07, 6.45) is -1.03. The number of aliphatic hydroxyl groups excluding tert-OH is 2. The number of H-pyrrole nitrogens is 1. The van der Waals surface area contributed by atoms with Gasteiger partial charge in [0.15, 0.2) is 17.4 Å². The number of thiol groups is 1. The van der Waals surface area contributed by atoms with Crippen LogP contribution in [-0.4, -0.2) is 53.8 Å². The summed E-state index contributed by atoms with van der Waals surface area (Å²) in [6.45, 7) is -0.336. The molecule has 1 aliphatic rings. The lowest BCUT2D eigenvalue weighted by Gasteiger charge is -2.16. The number of fused-ring (bicyclic) bond motifs is 1. The van der Waals surface area contributed by atoms with Gasteiger partial charge in [-0.15, -0.1) is 0 Å². The predicted octanol–water partition coefficient (Wildman–Crippen LogP) is -1.75. The molecule has 0 bridgehead atoms. The number of anilines is 1. The average Bonchev–Trinajstić information content (AvgIpc) is 2.93. The molecular formula is C10H13N5O4S. The maximum atomic E-state index is 11.7. The normalized spacial score (nSPS) is 30.1. The number of rotatable bonds is 2. The van der Waals surface area contributed by atoms with Gasteiger partial charge in [-0.3, -0.25) is 14.3 Å². The molecule has 1 unspecified atom stereocenters. The van der Waals surface area contributed by atoms with Gasteiger partial charge >= 0.3 is 0 Å². The molecule has 0 spiro atoms. The highest BCUT2D eigenvalue weighted by atomic mass is 32.1. The van der Waals surface area contributed by atoms with Crippen molar-refractivity contribution >= 4 is 29.7 Å². The number of hydrogen-bond acceptors (Lipinski definition) is 8. The molecule has 0 radical (unpaired) electrons. The molecule has 10 heteroatoms. The molecule has 2 aromatic rings.